The smallest absolute Gasteiger partial charge is 0.0182 e. The summed E-state index contributed by atoms with van der Waals surface area (Å²) in [5.74, 6) is 0.859. The normalized spacial score (nSPS) is 30.2. The van der Waals surface area contributed by atoms with Crippen molar-refractivity contribution in [1.29, 1.82) is 0 Å². The topological polar surface area (TPSA) is 26.0 Å². The summed E-state index contributed by atoms with van der Waals surface area (Å²) in [6, 6.07) is 0. The maximum Gasteiger partial charge on any atom is 0.0182 e. The molecule has 0 spiro atoms. The molecule has 76 valence electrons. The van der Waals surface area contributed by atoms with Gasteiger partial charge in [0.2, 0.25) is 0 Å². The maximum atomic E-state index is 6.50. The van der Waals surface area contributed by atoms with Gasteiger partial charge >= 0.3 is 0 Å². The van der Waals surface area contributed by atoms with E-state index in [0.29, 0.717) is 0 Å². The van der Waals surface area contributed by atoms with Crippen LogP contribution in [-0.2, 0) is 0 Å². The van der Waals surface area contributed by atoms with Gasteiger partial charge in [0.1, 0.15) is 0 Å². The molecule has 0 atom stereocenters. The summed E-state index contributed by atoms with van der Waals surface area (Å²) in [5.41, 5.74) is 6.76. The molecule has 2 rings (SSSR count). The van der Waals surface area contributed by atoms with Crippen LogP contribution in [0.1, 0.15) is 64.2 Å². The minimum absolute atomic E-state index is 0.254. The molecule has 0 aliphatic heterocycles. The van der Waals surface area contributed by atoms with Crippen LogP contribution in [0.15, 0.2) is 0 Å². The van der Waals surface area contributed by atoms with E-state index >= 15 is 0 Å². The Morgan fingerprint density at radius 3 is 1.85 bits per heavy atom. The molecule has 0 unspecified atom stereocenters. The van der Waals surface area contributed by atoms with Crippen molar-refractivity contribution >= 4 is 0 Å². The molecule has 0 amide bonds. The Hall–Kier alpha value is -0.0400. The lowest BCUT2D eigenvalue weighted by molar-refractivity contribution is 0.248. The minimum Gasteiger partial charge on any atom is -0.325 e. The van der Waals surface area contributed by atoms with Gasteiger partial charge in [-0.05, 0) is 31.6 Å². The predicted molar refractivity (Wildman–Crippen MR) is 56.6 cm³/mol. The van der Waals surface area contributed by atoms with Crippen molar-refractivity contribution in [1.82, 2.24) is 0 Å². The van der Waals surface area contributed by atoms with Gasteiger partial charge in [-0.25, -0.2) is 0 Å². The molecule has 2 aliphatic carbocycles. The van der Waals surface area contributed by atoms with E-state index in [9.17, 15) is 0 Å². The second kappa shape index (κ2) is 4.00. The molecule has 0 aromatic carbocycles. The lowest BCUT2D eigenvalue weighted by atomic mass is 9.78. The Balaban J connectivity index is 1.96. The number of hydrogen-bond donors (Lipinski definition) is 1. The molecule has 0 aromatic heterocycles. The fourth-order valence-corrected chi connectivity index (χ4v) is 3.30. The molecule has 2 aliphatic rings. The molecule has 2 N–H and O–H groups in total. The standard InChI is InChI=1S/C12H23N/c13-12(9-5-6-10-12)11-7-3-1-2-4-8-11/h11H,1-10,13H2. The Morgan fingerprint density at radius 2 is 1.31 bits per heavy atom. The highest BCUT2D eigenvalue weighted by Gasteiger charge is 2.37. The highest BCUT2D eigenvalue weighted by molar-refractivity contribution is 4.95. The molecular formula is C12H23N. The highest BCUT2D eigenvalue weighted by Crippen LogP contribution is 2.40. The van der Waals surface area contributed by atoms with E-state index in [1.807, 2.05) is 0 Å². The van der Waals surface area contributed by atoms with Crippen LogP contribution >= 0.6 is 0 Å². The largest absolute Gasteiger partial charge is 0.325 e. The fourth-order valence-electron chi connectivity index (χ4n) is 3.30. The molecule has 0 saturated heterocycles. The van der Waals surface area contributed by atoms with Gasteiger partial charge in [-0.2, -0.15) is 0 Å². The zero-order valence-corrected chi connectivity index (χ0v) is 8.73. The van der Waals surface area contributed by atoms with E-state index in [0.717, 1.165) is 5.92 Å². The van der Waals surface area contributed by atoms with Crippen LogP contribution < -0.4 is 5.73 Å². The van der Waals surface area contributed by atoms with E-state index in [1.165, 1.54) is 64.2 Å². The lowest BCUT2D eigenvalue weighted by Crippen LogP contribution is -2.44. The van der Waals surface area contributed by atoms with Gasteiger partial charge in [0, 0.05) is 5.54 Å². The molecule has 0 aromatic rings. The quantitative estimate of drug-likeness (QED) is 0.617. The van der Waals surface area contributed by atoms with Crippen molar-refractivity contribution in [3.05, 3.63) is 0 Å². The summed E-state index contributed by atoms with van der Waals surface area (Å²) in [6.45, 7) is 0. The van der Waals surface area contributed by atoms with Crippen LogP contribution in [0.25, 0.3) is 0 Å². The Labute approximate surface area is 82.1 Å². The van der Waals surface area contributed by atoms with Crippen LogP contribution in [0.4, 0.5) is 0 Å². The van der Waals surface area contributed by atoms with Crippen LogP contribution in [0.2, 0.25) is 0 Å². The molecule has 0 radical (unpaired) electrons. The SMILES string of the molecule is NC1(C2CCCCCC2)CCCC1. The average molecular weight is 181 g/mol. The second-order valence-corrected chi connectivity index (χ2v) is 5.13. The highest BCUT2D eigenvalue weighted by atomic mass is 14.8. The zero-order chi connectivity index (χ0) is 9.15. The number of nitrogens with two attached hydrogens (primary N) is 1. The third-order valence-electron chi connectivity index (χ3n) is 4.20. The Morgan fingerprint density at radius 1 is 0.769 bits per heavy atom. The molecule has 1 heteroatoms. The Kier molecular flexibility index (Phi) is 2.92. The monoisotopic (exact) mass is 181 g/mol. The van der Waals surface area contributed by atoms with Crippen LogP contribution in [0, 0.1) is 5.92 Å². The number of hydrogen-bond acceptors (Lipinski definition) is 1. The van der Waals surface area contributed by atoms with E-state index in [2.05, 4.69) is 0 Å². The van der Waals surface area contributed by atoms with E-state index in [4.69, 9.17) is 5.73 Å². The summed E-state index contributed by atoms with van der Waals surface area (Å²) in [7, 11) is 0. The molecule has 13 heavy (non-hydrogen) atoms. The van der Waals surface area contributed by atoms with Gasteiger partial charge in [-0.1, -0.05) is 38.5 Å². The van der Waals surface area contributed by atoms with Crippen molar-refractivity contribution in [2.24, 2.45) is 11.7 Å². The Bertz CT molecular complexity index is 151. The van der Waals surface area contributed by atoms with Crippen molar-refractivity contribution in [2.75, 3.05) is 0 Å². The maximum absolute atomic E-state index is 6.50. The van der Waals surface area contributed by atoms with Crippen molar-refractivity contribution in [2.45, 2.75) is 69.7 Å². The molecular weight excluding hydrogens is 158 g/mol. The van der Waals surface area contributed by atoms with Crippen LogP contribution in [-0.4, -0.2) is 5.54 Å². The summed E-state index contributed by atoms with van der Waals surface area (Å²) < 4.78 is 0. The molecule has 0 bridgehead atoms. The predicted octanol–water partition coefficient (Wildman–Crippen LogP) is 3.23. The third kappa shape index (κ3) is 2.07. The van der Waals surface area contributed by atoms with E-state index in [-0.39, 0.29) is 5.54 Å². The molecule has 1 nitrogen and oxygen atoms in total. The molecule has 2 fully saturated rings. The summed E-state index contributed by atoms with van der Waals surface area (Å²) in [4.78, 5) is 0. The molecule has 0 heterocycles. The average Bonchev–Trinajstić information content (AvgIpc) is 2.44. The second-order valence-electron chi connectivity index (χ2n) is 5.13. The zero-order valence-electron chi connectivity index (χ0n) is 8.73. The summed E-state index contributed by atoms with van der Waals surface area (Å²) in [6.07, 6.45) is 14.0. The van der Waals surface area contributed by atoms with E-state index in [1.54, 1.807) is 0 Å². The first-order valence-corrected chi connectivity index (χ1v) is 6.10. The van der Waals surface area contributed by atoms with Gasteiger partial charge in [0.05, 0.1) is 0 Å². The van der Waals surface area contributed by atoms with Crippen LogP contribution in [0.3, 0.4) is 0 Å². The van der Waals surface area contributed by atoms with Gasteiger partial charge in [-0.15, -0.1) is 0 Å². The first-order valence-electron chi connectivity index (χ1n) is 6.10. The van der Waals surface area contributed by atoms with E-state index < -0.39 is 0 Å². The van der Waals surface area contributed by atoms with Gasteiger partial charge in [0.25, 0.3) is 0 Å². The third-order valence-corrected chi connectivity index (χ3v) is 4.20. The first kappa shape index (κ1) is 9.51. The fraction of sp³-hybridized carbons (Fsp3) is 1.00. The van der Waals surface area contributed by atoms with Crippen LogP contribution in [0.5, 0.6) is 0 Å². The molecule has 2 saturated carbocycles. The van der Waals surface area contributed by atoms with Crippen molar-refractivity contribution in [3.8, 4) is 0 Å². The first-order chi connectivity index (χ1) is 6.31. The van der Waals surface area contributed by atoms with Gasteiger partial charge in [-0.3, -0.25) is 0 Å². The van der Waals surface area contributed by atoms with Gasteiger partial charge < -0.3 is 5.73 Å². The minimum atomic E-state index is 0.254. The van der Waals surface area contributed by atoms with Crippen molar-refractivity contribution < 1.29 is 0 Å². The van der Waals surface area contributed by atoms with Gasteiger partial charge in [0.15, 0.2) is 0 Å². The lowest BCUT2D eigenvalue weighted by Gasteiger charge is -2.33. The summed E-state index contributed by atoms with van der Waals surface area (Å²) in [5, 5.41) is 0. The number of rotatable bonds is 1. The summed E-state index contributed by atoms with van der Waals surface area (Å²) >= 11 is 0. The van der Waals surface area contributed by atoms with Crippen molar-refractivity contribution in [3.63, 3.8) is 0 Å².